The summed E-state index contributed by atoms with van der Waals surface area (Å²) in [5.74, 6) is -1.31. The van der Waals surface area contributed by atoms with Gasteiger partial charge in [-0.05, 0) is 49.2 Å². The van der Waals surface area contributed by atoms with E-state index < -0.39 is 17.6 Å². The minimum atomic E-state index is -1.04. The quantitative estimate of drug-likeness (QED) is 0.372. The van der Waals surface area contributed by atoms with Gasteiger partial charge in [-0.3, -0.25) is 4.79 Å². The van der Waals surface area contributed by atoms with Crippen LogP contribution in [0.3, 0.4) is 0 Å². The number of rotatable bonds is 8. The summed E-state index contributed by atoms with van der Waals surface area (Å²) in [7, 11) is 0. The SMILES string of the molecule is Cc1ccc(C)c(OCc2nnc(SCC(C)C(=O)c3ccc(F)c(F)c3)o2)c1. The molecule has 0 fully saturated rings. The molecule has 0 bridgehead atoms. The molecule has 0 aliphatic heterocycles. The summed E-state index contributed by atoms with van der Waals surface area (Å²) in [6.45, 7) is 5.78. The van der Waals surface area contributed by atoms with Gasteiger partial charge in [-0.25, -0.2) is 8.78 Å². The largest absolute Gasteiger partial charge is 0.484 e. The van der Waals surface area contributed by atoms with Gasteiger partial charge in [0, 0.05) is 17.2 Å². The van der Waals surface area contributed by atoms with Crippen molar-refractivity contribution in [2.45, 2.75) is 32.6 Å². The van der Waals surface area contributed by atoms with Gasteiger partial charge in [0.05, 0.1) is 0 Å². The molecule has 0 aliphatic carbocycles. The minimum absolute atomic E-state index is 0.130. The Balaban J connectivity index is 1.53. The van der Waals surface area contributed by atoms with Crippen LogP contribution in [0.1, 0.15) is 34.3 Å². The zero-order chi connectivity index (χ0) is 21.0. The average Bonchev–Trinajstić information content (AvgIpc) is 3.16. The van der Waals surface area contributed by atoms with Crippen molar-refractivity contribution in [3.63, 3.8) is 0 Å². The number of aromatic nitrogens is 2. The van der Waals surface area contributed by atoms with E-state index >= 15 is 0 Å². The van der Waals surface area contributed by atoms with Crippen molar-refractivity contribution >= 4 is 17.5 Å². The number of ketones is 1. The van der Waals surface area contributed by atoms with E-state index in [1.54, 1.807) is 6.92 Å². The summed E-state index contributed by atoms with van der Waals surface area (Å²) >= 11 is 1.22. The number of halogens is 2. The Morgan fingerprint density at radius 3 is 2.69 bits per heavy atom. The average molecular weight is 418 g/mol. The van der Waals surface area contributed by atoms with Crippen LogP contribution in [0.25, 0.3) is 0 Å². The summed E-state index contributed by atoms with van der Waals surface area (Å²) in [4.78, 5) is 12.4. The molecular formula is C21H20F2N2O3S. The van der Waals surface area contributed by atoms with Crippen molar-refractivity contribution in [1.82, 2.24) is 10.2 Å². The van der Waals surface area contributed by atoms with E-state index in [1.165, 1.54) is 17.8 Å². The Hall–Kier alpha value is -2.74. The van der Waals surface area contributed by atoms with Crippen molar-refractivity contribution in [3.05, 3.63) is 70.6 Å². The van der Waals surface area contributed by atoms with Crippen molar-refractivity contribution in [3.8, 4) is 5.75 Å². The maximum absolute atomic E-state index is 13.3. The third kappa shape index (κ3) is 5.41. The molecule has 5 nitrogen and oxygen atoms in total. The molecule has 1 atom stereocenters. The molecule has 0 amide bonds. The number of carbonyl (C=O) groups excluding carboxylic acids is 1. The first-order valence-corrected chi connectivity index (χ1v) is 9.96. The number of thioether (sulfide) groups is 1. The Bertz CT molecular complexity index is 1020. The number of Topliss-reactive ketones (excluding diaryl/α,β-unsaturated/α-hetero) is 1. The molecule has 0 radical (unpaired) electrons. The summed E-state index contributed by atoms with van der Waals surface area (Å²) in [6.07, 6.45) is 0. The predicted octanol–water partition coefficient (Wildman–Crippen LogP) is 5.15. The van der Waals surface area contributed by atoms with E-state index in [4.69, 9.17) is 9.15 Å². The fraction of sp³-hybridized carbons (Fsp3) is 0.286. The molecule has 2 aromatic carbocycles. The standard InChI is InChI=1S/C21H20F2N2O3S/c1-12-4-5-13(2)18(8-12)27-10-19-24-25-21(28-19)29-11-14(3)20(26)15-6-7-16(22)17(23)9-15/h4-9,14H,10-11H2,1-3H3. The molecule has 0 saturated heterocycles. The molecule has 0 N–H and O–H groups in total. The maximum atomic E-state index is 13.3. The Morgan fingerprint density at radius 2 is 1.93 bits per heavy atom. The highest BCUT2D eigenvalue weighted by Crippen LogP contribution is 2.24. The molecule has 0 saturated carbocycles. The molecule has 152 valence electrons. The second-order valence-electron chi connectivity index (χ2n) is 6.72. The number of benzene rings is 2. The van der Waals surface area contributed by atoms with Crippen LogP contribution < -0.4 is 4.74 Å². The van der Waals surface area contributed by atoms with Gasteiger partial charge in [0.2, 0.25) is 0 Å². The number of hydrogen-bond acceptors (Lipinski definition) is 6. The Labute approximate surface area is 171 Å². The van der Waals surface area contributed by atoms with Crippen molar-refractivity contribution < 1.29 is 22.7 Å². The highest BCUT2D eigenvalue weighted by molar-refractivity contribution is 7.99. The van der Waals surface area contributed by atoms with E-state index in [0.717, 1.165) is 29.0 Å². The lowest BCUT2D eigenvalue weighted by Crippen LogP contribution is -2.14. The first-order chi connectivity index (χ1) is 13.8. The van der Waals surface area contributed by atoms with Gasteiger partial charge in [-0.1, -0.05) is 30.8 Å². The number of ether oxygens (including phenoxy) is 1. The van der Waals surface area contributed by atoms with E-state index in [9.17, 15) is 13.6 Å². The molecule has 1 aromatic heterocycles. The number of aryl methyl sites for hydroxylation is 2. The van der Waals surface area contributed by atoms with Crippen LogP contribution in [0.5, 0.6) is 5.75 Å². The summed E-state index contributed by atoms with van der Waals surface area (Å²) in [5.41, 5.74) is 2.23. The molecule has 3 rings (SSSR count). The summed E-state index contributed by atoms with van der Waals surface area (Å²) in [5, 5.41) is 8.20. The second-order valence-corrected chi connectivity index (χ2v) is 7.70. The lowest BCUT2D eigenvalue weighted by Gasteiger charge is -2.09. The van der Waals surface area contributed by atoms with Gasteiger partial charge in [-0.2, -0.15) is 0 Å². The first kappa shape index (κ1) is 21.0. The maximum Gasteiger partial charge on any atom is 0.276 e. The lowest BCUT2D eigenvalue weighted by molar-refractivity contribution is 0.0941. The van der Waals surface area contributed by atoms with Gasteiger partial charge < -0.3 is 9.15 Å². The van der Waals surface area contributed by atoms with Crippen LogP contribution >= 0.6 is 11.8 Å². The second kappa shape index (κ2) is 9.17. The fourth-order valence-electron chi connectivity index (χ4n) is 2.56. The normalized spacial score (nSPS) is 12.0. The minimum Gasteiger partial charge on any atom is -0.484 e. The van der Waals surface area contributed by atoms with E-state index in [0.29, 0.717) is 16.9 Å². The van der Waals surface area contributed by atoms with Gasteiger partial charge in [0.25, 0.3) is 11.1 Å². The van der Waals surface area contributed by atoms with Crippen molar-refractivity contribution in [1.29, 1.82) is 0 Å². The van der Waals surface area contributed by atoms with Crippen LogP contribution in [0.15, 0.2) is 46.0 Å². The summed E-state index contributed by atoms with van der Waals surface area (Å²) in [6, 6.07) is 9.05. The molecule has 3 aromatic rings. The van der Waals surface area contributed by atoms with Crippen molar-refractivity contribution in [2.24, 2.45) is 5.92 Å². The smallest absolute Gasteiger partial charge is 0.276 e. The molecule has 1 unspecified atom stereocenters. The third-order valence-electron chi connectivity index (χ3n) is 4.25. The first-order valence-electron chi connectivity index (χ1n) is 8.98. The predicted molar refractivity (Wildman–Crippen MR) is 105 cm³/mol. The highest BCUT2D eigenvalue weighted by atomic mass is 32.2. The van der Waals surface area contributed by atoms with Crippen LogP contribution in [0.2, 0.25) is 0 Å². The molecule has 8 heteroatoms. The highest BCUT2D eigenvalue weighted by Gasteiger charge is 2.19. The van der Waals surface area contributed by atoms with Crippen LogP contribution in [0.4, 0.5) is 8.78 Å². The van der Waals surface area contributed by atoms with Gasteiger partial charge in [-0.15, -0.1) is 10.2 Å². The molecule has 1 heterocycles. The van der Waals surface area contributed by atoms with E-state index in [1.807, 2.05) is 32.0 Å². The molecule has 0 spiro atoms. The van der Waals surface area contributed by atoms with Gasteiger partial charge in [0.1, 0.15) is 5.75 Å². The zero-order valence-electron chi connectivity index (χ0n) is 16.2. The zero-order valence-corrected chi connectivity index (χ0v) is 17.1. The Kier molecular flexibility index (Phi) is 6.64. The number of nitrogens with zero attached hydrogens (tertiary/aromatic N) is 2. The molecule has 29 heavy (non-hydrogen) atoms. The van der Waals surface area contributed by atoms with Crippen LogP contribution in [-0.2, 0) is 6.61 Å². The van der Waals surface area contributed by atoms with Crippen molar-refractivity contribution in [2.75, 3.05) is 5.75 Å². The molecule has 0 aliphatic rings. The Morgan fingerprint density at radius 1 is 1.14 bits per heavy atom. The lowest BCUT2D eigenvalue weighted by atomic mass is 10.0. The fourth-order valence-corrected chi connectivity index (χ4v) is 3.36. The van der Waals surface area contributed by atoms with Gasteiger partial charge >= 0.3 is 0 Å². The van der Waals surface area contributed by atoms with Crippen LogP contribution in [-0.4, -0.2) is 21.7 Å². The third-order valence-corrected chi connectivity index (χ3v) is 5.33. The van der Waals surface area contributed by atoms with E-state index in [2.05, 4.69) is 10.2 Å². The monoisotopic (exact) mass is 418 g/mol. The topological polar surface area (TPSA) is 65.2 Å². The van der Waals surface area contributed by atoms with Gasteiger partial charge in [0.15, 0.2) is 24.0 Å². The summed E-state index contributed by atoms with van der Waals surface area (Å²) < 4.78 is 37.6. The van der Waals surface area contributed by atoms with E-state index in [-0.39, 0.29) is 18.0 Å². The molecular weight excluding hydrogens is 398 g/mol. The van der Waals surface area contributed by atoms with Crippen LogP contribution in [0, 0.1) is 31.4 Å². The number of hydrogen-bond donors (Lipinski definition) is 0. The number of carbonyl (C=O) groups is 1.